The van der Waals surface area contributed by atoms with Gasteiger partial charge in [-0.1, -0.05) is 12.8 Å². The van der Waals surface area contributed by atoms with Crippen LogP contribution in [0.25, 0.3) is 0 Å². The molecule has 1 unspecified atom stereocenters. The summed E-state index contributed by atoms with van der Waals surface area (Å²) in [5.74, 6) is 0.200. The second-order valence-corrected chi connectivity index (χ2v) is 4.27. The summed E-state index contributed by atoms with van der Waals surface area (Å²) in [5, 5.41) is 0. The Morgan fingerprint density at radius 2 is 2.25 bits per heavy atom. The van der Waals surface area contributed by atoms with Gasteiger partial charge in [-0.3, -0.25) is 4.79 Å². The van der Waals surface area contributed by atoms with Crippen LogP contribution in [0.3, 0.4) is 0 Å². The Bertz CT molecular complexity index is 209. The standard InChI is InChI=1S/C12H24N2O2/c1-2-16-9-7-12(15)14-8-5-3-4-6-11(14)10-13/h11H,2-10,13H2,1H3. The third kappa shape index (κ3) is 4.10. The number of hydrogen-bond acceptors (Lipinski definition) is 3. The van der Waals surface area contributed by atoms with Gasteiger partial charge in [0.2, 0.25) is 5.91 Å². The van der Waals surface area contributed by atoms with Crippen molar-refractivity contribution in [3.8, 4) is 0 Å². The molecular weight excluding hydrogens is 204 g/mol. The molecule has 4 nitrogen and oxygen atoms in total. The van der Waals surface area contributed by atoms with Gasteiger partial charge in [0.05, 0.1) is 13.0 Å². The van der Waals surface area contributed by atoms with Gasteiger partial charge in [0.15, 0.2) is 0 Å². The zero-order chi connectivity index (χ0) is 11.8. The quantitative estimate of drug-likeness (QED) is 0.718. The van der Waals surface area contributed by atoms with Crippen molar-refractivity contribution < 1.29 is 9.53 Å². The minimum Gasteiger partial charge on any atom is -0.381 e. The lowest BCUT2D eigenvalue weighted by Crippen LogP contribution is -2.44. The highest BCUT2D eigenvalue weighted by atomic mass is 16.5. The van der Waals surface area contributed by atoms with E-state index in [1.54, 1.807) is 0 Å². The van der Waals surface area contributed by atoms with Crippen molar-refractivity contribution in [1.82, 2.24) is 4.90 Å². The first-order valence-corrected chi connectivity index (χ1v) is 6.36. The average Bonchev–Trinajstić information content (AvgIpc) is 2.54. The van der Waals surface area contributed by atoms with Crippen LogP contribution in [0.2, 0.25) is 0 Å². The molecule has 1 heterocycles. The molecule has 1 fully saturated rings. The molecular formula is C12H24N2O2. The molecule has 2 N–H and O–H groups in total. The maximum atomic E-state index is 12.0. The summed E-state index contributed by atoms with van der Waals surface area (Å²) in [7, 11) is 0. The third-order valence-corrected chi connectivity index (χ3v) is 3.13. The van der Waals surface area contributed by atoms with Crippen LogP contribution in [0.4, 0.5) is 0 Å². The van der Waals surface area contributed by atoms with Crippen molar-refractivity contribution in [1.29, 1.82) is 0 Å². The molecule has 1 aliphatic heterocycles. The molecule has 0 saturated carbocycles. The van der Waals surface area contributed by atoms with Gasteiger partial charge in [0, 0.05) is 25.7 Å². The van der Waals surface area contributed by atoms with Gasteiger partial charge in [0.1, 0.15) is 0 Å². The second kappa shape index (κ2) is 7.63. The molecule has 16 heavy (non-hydrogen) atoms. The van der Waals surface area contributed by atoms with Gasteiger partial charge < -0.3 is 15.4 Å². The molecule has 1 rings (SSSR count). The van der Waals surface area contributed by atoms with E-state index in [0.29, 0.717) is 26.2 Å². The van der Waals surface area contributed by atoms with E-state index in [1.807, 2.05) is 11.8 Å². The summed E-state index contributed by atoms with van der Waals surface area (Å²) >= 11 is 0. The molecule has 4 heteroatoms. The van der Waals surface area contributed by atoms with Gasteiger partial charge in [-0.15, -0.1) is 0 Å². The van der Waals surface area contributed by atoms with Crippen LogP contribution in [-0.4, -0.2) is 43.2 Å². The Labute approximate surface area is 98.1 Å². The lowest BCUT2D eigenvalue weighted by molar-refractivity contribution is -0.134. The fraction of sp³-hybridized carbons (Fsp3) is 0.917. The van der Waals surface area contributed by atoms with Crippen LogP contribution in [0.1, 0.15) is 39.0 Å². The van der Waals surface area contributed by atoms with Crippen molar-refractivity contribution in [3.05, 3.63) is 0 Å². The second-order valence-electron chi connectivity index (χ2n) is 4.27. The van der Waals surface area contributed by atoms with E-state index in [1.165, 1.54) is 12.8 Å². The number of ether oxygens (including phenoxy) is 1. The lowest BCUT2D eigenvalue weighted by Gasteiger charge is -2.29. The van der Waals surface area contributed by atoms with E-state index in [2.05, 4.69) is 0 Å². The molecule has 0 aromatic rings. The van der Waals surface area contributed by atoms with Gasteiger partial charge in [0.25, 0.3) is 0 Å². The summed E-state index contributed by atoms with van der Waals surface area (Å²) in [5.41, 5.74) is 5.73. The average molecular weight is 228 g/mol. The Morgan fingerprint density at radius 3 is 2.94 bits per heavy atom. The van der Waals surface area contributed by atoms with Crippen LogP contribution in [0.5, 0.6) is 0 Å². The van der Waals surface area contributed by atoms with Crippen molar-refractivity contribution in [3.63, 3.8) is 0 Å². The first kappa shape index (κ1) is 13.5. The summed E-state index contributed by atoms with van der Waals surface area (Å²) in [6.45, 7) is 4.60. The summed E-state index contributed by atoms with van der Waals surface area (Å²) in [4.78, 5) is 13.9. The minimum atomic E-state index is 0.200. The van der Waals surface area contributed by atoms with Crippen LogP contribution in [0, 0.1) is 0 Å². The maximum absolute atomic E-state index is 12.0. The largest absolute Gasteiger partial charge is 0.381 e. The highest BCUT2D eigenvalue weighted by Gasteiger charge is 2.23. The van der Waals surface area contributed by atoms with Crippen molar-refractivity contribution in [2.45, 2.75) is 45.1 Å². The fourth-order valence-electron chi connectivity index (χ4n) is 2.20. The number of likely N-dealkylation sites (tertiary alicyclic amines) is 1. The van der Waals surface area contributed by atoms with E-state index in [4.69, 9.17) is 10.5 Å². The first-order chi connectivity index (χ1) is 7.79. The topological polar surface area (TPSA) is 55.6 Å². The molecule has 94 valence electrons. The number of hydrogen-bond donors (Lipinski definition) is 1. The number of nitrogens with zero attached hydrogens (tertiary/aromatic N) is 1. The van der Waals surface area contributed by atoms with Gasteiger partial charge in [-0.2, -0.15) is 0 Å². The smallest absolute Gasteiger partial charge is 0.225 e. The maximum Gasteiger partial charge on any atom is 0.225 e. The predicted octanol–water partition coefficient (Wildman–Crippen LogP) is 1.14. The van der Waals surface area contributed by atoms with E-state index in [-0.39, 0.29) is 11.9 Å². The van der Waals surface area contributed by atoms with E-state index in [9.17, 15) is 4.79 Å². The Balaban J connectivity index is 2.42. The first-order valence-electron chi connectivity index (χ1n) is 6.36. The Hall–Kier alpha value is -0.610. The lowest BCUT2D eigenvalue weighted by atomic mass is 10.1. The molecule has 0 aromatic heterocycles. The highest BCUT2D eigenvalue weighted by molar-refractivity contribution is 5.76. The number of rotatable bonds is 5. The van der Waals surface area contributed by atoms with Crippen LogP contribution >= 0.6 is 0 Å². The van der Waals surface area contributed by atoms with Crippen molar-refractivity contribution in [2.24, 2.45) is 5.73 Å². The predicted molar refractivity (Wildman–Crippen MR) is 64.1 cm³/mol. The molecule has 0 radical (unpaired) electrons. The van der Waals surface area contributed by atoms with Crippen LogP contribution in [-0.2, 0) is 9.53 Å². The van der Waals surface area contributed by atoms with Crippen LogP contribution in [0.15, 0.2) is 0 Å². The third-order valence-electron chi connectivity index (χ3n) is 3.13. The molecule has 1 amide bonds. The van der Waals surface area contributed by atoms with Gasteiger partial charge in [-0.25, -0.2) is 0 Å². The highest BCUT2D eigenvalue weighted by Crippen LogP contribution is 2.16. The number of nitrogens with two attached hydrogens (primary N) is 1. The van der Waals surface area contributed by atoms with E-state index in [0.717, 1.165) is 19.4 Å². The summed E-state index contributed by atoms with van der Waals surface area (Å²) in [6, 6.07) is 0.247. The molecule has 0 bridgehead atoms. The summed E-state index contributed by atoms with van der Waals surface area (Å²) < 4.78 is 5.22. The SMILES string of the molecule is CCOCCC(=O)N1CCCCCC1CN. The zero-order valence-corrected chi connectivity index (χ0v) is 10.3. The molecule has 0 spiro atoms. The molecule has 1 saturated heterocycles. The van der Waals surface area contributed by atoms with Crippen molar-refractivity contribution in [2.75, 3.05) is 26.3 Å². The van der Waals surface area contributed by atoms with E-state index >= 15 is 0 Å². The van der Waals surface area contributed by atoms with Gasteiger partial charge >= 0.3 is 0 Å². The number of carbonyl (C=O) groups excluding carboxylic acids is 1. The monoisotopic (exact) mass is 228 g/mol. The Kier molecular flexibility index (Phi) is 6.42. The Morgan fingerprint density at radius 1 is 1.44 bits per heavy atom. The molecule has 1 aliphatic rings. The molecule has 1 atom stereocenters. The summed E-state index contributed by atoms with van der Waals surface area (Å²) in [6.07, 6.45) is 5.06. The van der Waals surface area contributed by atoms with Gasteiger partial charge in [-0.05, 0) is 19.8 Å². The number of amides is 1. The number of carbonyl (C=O) groups is 1. The van der Waals surface area contributed by atoms with Crippen molar-refractivity contribution >= 4 is 5.91 Å². The van der Waals surface area contributed by atoms with E-state index < -0.39 is 0 Å². The van der Waals surface area contributed by atoms with Crippen LogP contribution < -0.4 is 5.73 Å². The molecule has 0 aromatic carbocycles. The fourth-order valence-corrected chi connectivity index (χ4v) is 2.20. The molecule has 0 aliphatic carbocycles. The zero-order valence-electron chi connectivity index (χ0n) is 10.3. The minimum absolute atomic E-state index is 0.200. The normalized spacial score (nSPS) is 21.9.